The van der Waals surface area contributed by atoms with E-state index in [0.717, 1.165) is 37.2 Å². The molecule has 0 radical (unpaired) electrons. The standard InChI is InChI=1S/C20H29NO2/c1-5-6-13-23-16-10-7-15(8-11-16)9-12-19(22)21-18-14-17(18)20(2,3)4/h7-12,17-18H,5-6,13-14H2,1-4H3,(H,21,22)/t17-,18-/m0/s1. The molecule has 0 spiro atoms. The van der Waals surface area contributed by atoms with Crippen molar-refractivity contribution in [3.63, 3.8) is 0 Å². The lowest BCUT2D eigenvalue weighted by Gasteiger charge is -2.17. The van der Waals surface area contributed by atoms with Crippen LogP contribution in [0.25, 0.3) is 6.08 Å². The maximum Gasteiger partial charge on any atom is 0.244 e. The fourth-order valence-electron chi connectivity index (χ4n) is 2.72. The number of benzene rings is 1. The van der Waals surface area contributed by atoms with E-state index in [-0.39, 0.29) is 11.3 Å². The molecular weight excluding hydrogens is 286 g/mol. The minimum atomic E-state index is -0.00924. The van der Waals surface area contributed by atoms with Gasteiger partial charge in [-0.2, -0.15) is 0 Å². The number of rotatable bonds is 7. The van der Waals surface area contributed by atoms with Gasteiger partial charge in [0.15, 0.2) is 0 Å². The van der Waals surface area contributed by atoms with Gasteiger partial charge in [-0.05, 0) is 47.9 Å². The lowest BCUT2D eigenvalue weighted by atomic mass is 9.90. The second kappa shape index (κ2) is 7.67. The van der Waals surface area contributed by atoms with Crippen LogP contribution in [0.4, 0.5) is 0 Å². The minimum Gasteiger partial charge on any atom is -0.494 e. The molecule has 1 aromatic carbocycles. The quantitative estimate of drug-likeness (QED) is 0.597. The number of amides is 1. The molecule has 0 unspecified atom stereocenters. The SMILES string of the molecule is CCCCOc1ccc(C=CC(=O)N[C@H]2C[C@@H]2C(C)(C)C)cc1. The zero-order chi connectivity index (χ0) is 16.9. The van der Waals surface area contributed by atoms with E-state index in [0.29, 0.717) is 12.0 Å². The smallest absolute Gasteiger partial charge is 0.244 e. The summed E-state index contributed by atoms with van der Waals surface area (Å²) >= 11 is 0. The fourth-order valence-corrected chi connectivity index (χ4v) is 2.72. The van der Waals surface area contributed by atoms with E-state index >= 15 is 0 Å². The monoisotopic (exact) mass is 315 g/mol. The number of carbonyl (C=O) groups is 1. The van der Waals surface area contributed by atoms with Crippen LogP contribution < -0.4 is 10.1 Å². The van der Waals surface area contributed by atoms with E-state index in [4.69, 9.17) is 4.74 Å². The van der Waals surface area contributed by atoms with Crippen molar-refractivity contribution in [2.75, 3.05) is 6.61 Å². The van der Waals surface area contributed by atoms with Gasteiger partial charge in [0, 0.05) is 12.1 Å². The van der Waals surface area contributed by atoms with Crippen LogP contribution in [0.2, 0.25) is 0 Å². The van der Waals surface area contributed by atoms with E-state index in [1.165, 1.54) is 0 Å². The van der Waals surface area contributed by atoms with E-state index in [2.05, 4.69) is 33.0 Å². The Morgan fingerprint density at radius 2 is 2.00 bits per heavy atom. The van der Waals surface area contributed by atoms with Crippen molar-refractivity contribution in [1.29, 1.82) is 0 Å². The van der Waals surface area contributed by atoms with Gasteiger partial charge in [-0.25, -0.2) is 0 Å². The molecule has 1 aromatic rings. The molecule has 0 aromatic heterocycles. The predicted octanol–water partition coefficient (Wildman–Crippen LogP) is 4.43. The molecule has 0 aliphatic heterocycles. The summed E-state index contributed by atoms with van der Waals surface area (Å²) in [5.74, 6) is 1.47. The molecule has 0 saturated heterocycles. The Labute approximate surface area is 140 Å². The largest absolute Gasteiger partial charge is 0.494 e. The van der Waals surface area contributed by atoms with Crippen LogP contribution in [0.1, 0.15) is 52.5 Å². The molecule has 3 heteroatoms. The molecular formula is C20H29NO2. The van der Waals surface area contributed by atoms with Crippen molar-refractivity contribution in [2.24, 2.45) is 11.3 Å². The molecule has 1 amide bonds. The average Bonchev–Trinajstić information content (AvgIpc) is 3.26. The topological polar surface area (TPSA) is 38.3 Å². The molecule has 1 saturated carbocycles. The van der Waals surface area contributed by atoms with Crippen molar-refractivity contribution in [1.82, 2.24) is 5.32 Å². The number of hydrogen-bond acceptors (Lipinski definition) is 2. The van der Waals surface area contributed by atoms with Gasteiger partial charge in [0.05, 0.1) is 6.61 Å². The van der Waals surface area contributed by atoms with Crippen LogP contribution in [0.15, 0.2) is 30.3 Å². The number of ether oxygens (including phenoxy) is 1. The van der Waals surface area contributed by atoms with Crippen molar-refractivity contribution >= 4 is 12.0 Å². The predicted molar refractivity (Wildman–Crippen MR) is 95.4 cm³/mol. The average molecular weight is 315 g/mol. The number of carbonyl (C=O) groups excluding carboxylic acids is 1. The zero-order valence-corrected chi connectivity index (χ0v) is 14.8. The number of nitrogens with one attached hydrogen (secondary N) is 1. The van der Waals surface area contributed by atoms with E-state index in [9.17, 15) is 4.79 Å². The highest BCUT2D eigenvalue weighted by Crippen LogP contribution is 2.45. The maximum atomic E-state index is 12.0. The molecule has 3 nitrogen and oxygen atoms in total. The molecule has 1 N–H and O–H groups in total. The first-order chi connectivity index (χ1) is 10.9. The molecule has 0 heterocycles. The molecule has 1 aliphatic carbocycles. The molecule has 23 heavy (non-hydrogen) atoms. The molecule has 126 valence electrons. The lowest BCUT2D eigenvalue weighted by Crippen LogP contribution is -2.27. The van der Waals surface area contributed by atoms with Crippen molar-refractivity contribution in [3.05, 3.63) is 35.9 Å². The van der Waals surface area contributed by atoms with Crippen LogP contribution in [0.5, 0.6) is 5.75 Å². The van der Waals surface area contributed by atoms with Crippen molar-refractivity contribution in [2.45, 2.75) is 53.0 Å². The second-order valence-corrected chi connectivity index (χ2v) is 7.43. The number of hydrogen-bond donors (Lipinski definition) is 1. The van der Waals surface area contributed by atoms with Crippen molar-refractivity contribution < 1.29 is 9.53 Å². The van der Waals surface area contributed by atoms with Gasteiger partial charge < -0.3 is 10.1 Å². The Balaban J connectivity index is 1.78. The minimum absolute atomic E-state index is 0.00924. The lowest BCUT2D eigenvalue weighted by molar-refractivity contribution is -0.116. The van der Waals surface area contributed by atoms with Crippen LogP contribution in [0, 0.1) is 11.3 Å². The first-order valence-electron chi connectivity index (χ1n) is 8.61. The van der Waals surface area contributed by atoms with E-state index < -0.39 is 0 Å². The summed E-state index contributed by atoms with van der Waals surface area (Å²) in [6, 6.07) is 8.18. The molecule has 2 rings (SSSR count). The molecule has 0 bridgehead atoms. The van der Waals surface area contributed by atoms with Gasteiger partial charge in [0.1, 0.15) is 5.75 Å². The van der Waals surface area contributed by atoms with Gasteiger partial charge in [0.2, 0.25) is 5.91 Å². The molecule has 1 aliphatic rings. The van der Waals surface area contributed by atoms with Gasteiger partial charge >= 0.3 is 0 Å². The Bertz CT molecular complexity index is 540. The molecule has 1 fully saturated rings. The fraction of sp³-hybridized carbons (Fsp3) is 0.550. The van der Waals surface area contributed by atoms with Gasteiger partial charge in [0.25, 0.3) is 0 Å². The Kier molecular flexibility index (Phi) is 5.86. The Morgan fingerprint density at radius 1 is 1.30 bits per heavy atom. The zero-order valence-electron chi connectivity index (χ0n) is 14.8. The maximum absolute atomic E-state index is 12.0. The van der Waals surface area contributed by atoms with Gasteiger partial charge in [-0.15, -0.1) is 0 Å². The van der Waals surface area contributed by atoms with Crippen molar-refractivity contribution in [3.8, 4) is 5.75 Å². The number of unbranched alkanes of at least 4 members (excludes halogenated alkanes) is 1. The van der Waals surface area contributed by atoms with Crippen LogP contribution in [-0.4, -0.2) is 18.6 Å². The highest BCUT2D eigenvalue weighted by Gasteiger charge is 2.45. The first kappa shape index (κ1) is 17.6. The van der Waals surface area contributed by atoms with Crippen LogP contribution >= 0.6 is 0 Å². The summed E-state index contributed by atoms with van der Waals surface area (Å²) in [4.78, 5) is 12.0. The van der Waals surface area contributed by atoms with E-state index in [1.807, 2.05) is 30.3 Å². The molecule has 2 atom stereocenters. The summed E-state index contributed by atoms with van der Waals surface area (Å²) in [5.41, 5.74) is 1.28. The van der Waals surface area contributed by atoms with Gasteiger partial charge in [-0.3, -0.25) is 4.79 Å². The Hall–Kier alpha value is -1.77. The van der Waals surface area contributed by atoms with Crippen LogP contribution in [-0.2, 0) is 4.79 Å². The summed E-state index contributed by atoms with van der Waals surface area (Å²) in [6.07, 6.45) is 6.75. The summed E-state index contributed by atoms with van der Waals surface area (Å²) in [7, 11) is 0. The summed E-state index contributed by atoms with van der Waals surface area (Å²) < 4.78 is 5.63. The Morgan fingerprint density at radius 3 is 2.57 bits per heavy atom. The van der Waals surface area contributed by atoms with Crippen LogP contribution in [0.3, 0.4) is 0 Å². The summed E-state index contributed by atoms with van der Waals surface area (Å²) in [6.45, 7) is 9.58. The first-order valence-corrected chi connectivity index (χ1v) is 8.61. The normalized spacial score (nSPS) is 20.5. The highest BCUT2D eigenvalue weighted by molar-refractivity contribution is 5.92. The second-order valence-electron chi connectivity index (χ2n) is 7.43. The summed E-state index contributed by atoms with van der Waals surface area (Å²) in [5, 5.41) is 3.08. The van der Waals surface area contributed by atoms with E-state index in [1.54, 1.807) is 6.08 Å². The highest BCUT2D eigenvalue weighted by atomic mass is 16.5. The third kappa shape index (κ3) is 5.74. The third-order valence-corrected chi connectivity index (χ3v) is 4.30. The van der Waals surface area contributed by atoms with Gasteiger partial charge in [-0.1, -0.05) is 46.2 Å². The third-order valence-electron chi connectivity index (χ3n) is 4.30.